The van der Waals surface area contributed by atoms with Gasteiger partial charge in [0.1, 0.15) is 23.1 Å². The molecule has 0 saturated heterocycles. The minimum absolute atomic E-state index is 0.000867. The van der Waals surface area contributed by atoms with Crippen LogP contribution in [0.25, 0.3) is 22.2 Å². The number of hydrogen-bond donors (Lipinski definition) is 2. The van der Waals surface area contributed by atoms with E-state index in [0.29, 0.717) is 16.8 Å². The molecule has 0 fully saturated rings. The number of furan rings is 1. The molecule has 1 aliphatic rings. The monoisotopic (exact) mass is 359 g/mol. The van der Waals surface area contributed by atoms with E-state index >= 15 is 0 Å². The summed E-state index contributed by atoms with van der Waals surface area (Å²) < 4.78 is 10.7. The fourth-order valence-electron chi connectivity index (χ4n) is 3.80. The SMILES string of the molecule is Nc1onc(-c2coc3ccccc23)c1C(=O)NC1CCc2ccccc21. The average Bonchev–Trinajstić information content (AvgIpc) is 3.38. The van der Waals surface area contributed by atoms with Crippen LogP contribution >= 0.6 is 0 Å². The number of hydrogen-bond acceptors (Lipinski definition) is 5. The second kappa shape index (κ2) is 6.02. The Bertz CT molecular complexity index is 1160. The summed E-state index contributed by atoms with van der Waals surface area (Å²) in [6, 6.07) is 15.7. The van der Waals surface area contributed by atoms with Gasteiger partial charge in [-0.1, -0.05) is 47.6 Å². The number of nitrogen functional groups attached to an aromatic ring is 1. The normalized spacial score (nSPS) is 15.8. The highest BCUT2D eigenvalue weighted by atomic mass is 16.5. The zero-order chi connectivity index (χ0) is 18.4. The van der Waals surface area contributed by atoms with Gasteiger partial charge in [0.2, 0.25) is 5.88 Å². The van der Waals surface area contributed by atoms with Crippen molar-refractivity contribution in [2.24, 2.45) is 0 Å². The number of para-hydroxylation sites is 1. The highest BCUT2D eigenvalue weighted by Crippen LogP contribution is 2.35. The highest BCUT2D eigenvalue weighted by molar-refractivity contribution is 6.07. The van der Waals surface area contributed by atoms with E-state index in [1.54, 1.807) is 6.26 Å². The molecule has 1 unspecified atom stereocenters. The number of amides is 1. The van der Waals surface area contributed by atoms with Gasteiger partial charge >= 0.3 is 0 Å². The number of nitrogens with one attached hydrogen (secondary N) is 1. The first-order chi connectivity index (χ1) is 13.2. The van der Waals surface area contributed by atoms with Crippen LogP contribution in [-0.4, -0.2) is 11.1 Å². The molecule has 27 heavy (non-hydrogen) atoms. The molecule has 2 aromatic heterocycles. The Morgan fingerprint density at radius 3 is 2.89 bits per heavy atom. The Hall–Kier alpha value is -3.54. The van der Waals surface area contributed by atoms with Gasteiger partial charge < -0.3 is 20.0 Å². The number of carbonyl (C=O) groups is 1. The third-order valence-corrected chi connectivity index (χ3v) is 5.12. The molecule has 0 bridgehead atoms. The van der Waals surface area contributed by atoms with Crippen molar-refractivity contribution in [1.29, 1.82) is 0 Å². The van der Waals surface area contributed by atoms with Gasteiger partial charge in [0.25, 0.3) is 5.91 Å². The molecule has 1 aliphatic carbocycles. The van der Waals surface area contributed by atoms with Crippen LogP contribution in [0.4, 0.5) is 5.88 Å². The van der Waals surface area contributed by atoms with Crippen LogP contribution in [0, 0.1) is 0 Å². The largest absolute Gasteiger partial charge is 0.464 e. The summed E-state index contributed by atoms with van der Waals surface area (Å²) in [4.78, 5) is 13.0. The molecule has 1 amide bonds. The Morgan fingerprint density at radius 2 is 1.96 bits per heavy atom. The highest BCUT2D eigenvalue weighted by Gasteiger charge is 2.29. The van der Waals surface area contributed by atoms with E-state index in [1.807, 2.05) is 36.4 Å². The Balaban J connectivity index is 1.51. The quantitative estimate of drug-likeness (QED) is 0.574. The van der Waals surface area contributed by atoms with Gasteiger partial charge in [0.15, 0.2) is 0 Å². The second-order valence-corrected chi connectivity index (χ2v) is 6.68. The Labute approximate surface area is 154 Å². The third kappa shape index (κ3) is 2.49. The number of nitrogens with zero attached hydrogens (tertiary/aromatic N) is 1. The predicted molar refractivity (Wildman–Crippen MR) is 101 cm³/mol. The molecule has 0 spiro atoms. The van der Waals surface area contributed by atoms with Crippen LogP contribution < -0.4 is 11.1 Å². The summed E-state index contributed by atoms with van der Waals surface area (Å²) >= 11 is 0. The van der Waals surface area contributed by atoms with Gasteiger partial charge in [-0.2, -0.15) is 0 Å². The summed E-state index contributed by atoms with van der Waals surface area (Å²) in [5.74, 6) is -0.296. The van der Waals surface area contributed by atoms with Gasteiger partial charge in [0.05, 0.1) is 11.6 Å². The molecule has 0 radical (unpaired) electrons. The van der Waals surface area contributed by atoms with Crippen LogP contribution in [0.15, 0.2) is 63.7 Å². The number of aromatic nitrogens is 1. The standard InChI is InChI=1S/C21H17N3O3/c22-20-18(21(25)23-16-10-9-12-5-1-2-6-13(12)16)19(24-27-20)15-11-26-17-8-4-3-7-14(15)17/h1-8,11,16H,9-10,22H2,(H,23,25). The van der Waals surface area contributed by atoms with Crippen LogP contribution in [0.3, 0.4) is 0 Å². The van der Waals surface area contributed by atoms with E-state index in [0.717, 1.165) is 23.8 Å². The molecule has 3 N–H and O–H groups in total. The molecule has 134 valence electrons. The van der Waals surface area contributed by atoms with Crippen molar-refractivity contribution in [1.82, 2.24) is 10.5 Å². The lowest BCUT2D eigenvalue weighted by Crippen LogP contribution is -2.27. The molecular formula is C21H17N3O3. The second-order valence-electron chi connectivity index (χ2n) is 6.68. The van der Waals surface area contributed by atoms with E-state index in [1.165, 1.54) is 5.56 Å². The van der Waals surface area contributed by atoms with E-state index in [4.69, 9.17) is 14.7 Å². The summed E-state index contributed by atoms with van der Waals surface area (Å²) in [6.07, 6.45) is 3.38. The first-order valence-corrected chi connectivity index (χ1v) is 8.83. The molecule has 4 aromatic rings. The van der Waals surface area contributed by atoms with Gasteiger partial charge in [-0.15, -0.1) is 0 Å². The van der Waals surface area contributed by atoms with E-state index in [-0.39, 0.29) is 23.4 Å². The van der Waals surface area contributed by atoms with Crippen LogP contribution in [-0.2, 0) is 6.42 Å². The number of anilines is 1. The van der Waals surface area contributed by atoms with E-state index < -0.39 is 0 Å². The number of carbonyl (C=O) groups excluding carboxylic acids is 1. The lowest BCUT2D eigenvalue weighted by Gasteiger charge is -2.14. The van der Waals surface area contributed by atoms with Gasteiger partial charge in [-0.05, 0) is 30.0 Å². The van der Waals surface area contributed by atoms with Crippen molar-refractivity contribution < 1.29 is 13.7 Å². The fraction of sp³-hybridized carbons (Fsp3) is 0.143. The smallest absolute Gasteiger partial charge is 0.259 e. The molecule has 2 aromatic carbocycles. The van der Waals surface area contributed by atoms with Gasteiger partial charge in [-0.25, -0.2) is 0 Å². The predicted octanol–water partition coefficient (Wildman–Crippen LogP) is 4.09. The zero-order valence-electron chi connectivity index (χ0n) is 14.4. The molecule has 6 heteroatoms. The first-order valence-electron chi connectivity index (χ1n) is 8.83. The maximum Gasteiger partial charge on any atom is 0.259 e. The van der Waals surface area contributed by atoms with Crippen molar-refractivity contribution in [3.8, 4) is 11.3 Å². The summed E-state index contributed by atoms with van der Waals surface area (Å²) in [5.41, 5.74) is 10.4. The van der Waals surface area contributed by atoms with Crippen molar-refractivity contribution in [3.63, 3.8) is 0 Å². The van der Waals surface area contributed by atoms with Gasteiger partial charge in [0, 0.05) is 5.39 Å². The maximum atomic E-state index is 13.0. The van der Waals surface area contributed by atoms with Crippen LogP contribution in [0.5, 0.6) is 0 Å². The number of fused-ring (bicyclic) bond motifs is 2. The number of rotatable bonds is 3. The Morgan fingerprint density at radius 1 is 1.15 bits per heavy atom. The molecule has 2 heterocycles. The van der Waals surface area contributed by atoms with Crippen molar-refractivity contribution >= 4 is 22.8 Å². The van der Waals surface area contributed by atoms with Crippen LogP contribution in [0.1, 0.15) is 33.9 Å². The number of benzene rings is 2. The minimum Gasteiger partial charge on any atom is -0.464 e. The van der Waals surface area contributed by atoms with Crippen molar-refractivity contribution in [2.75, 3.05) is 5.73 Å². The Kier molecular flexibility index (Phi) is 3.50. The van der Waals surface area contributed by atoms with Crippen molar-refractivity contribution in [3.05, 3.63) is 71.5 Å². The van der Waals surface area contributed by atoms with E-state index in [9.17, 15) is 4.79 Å². The lowest BCUT2D eigenvalue weighted by molar-refractivity contribution is 0.0938. The average molecular weight is 359 g/mol. The first kappa shape index (κ1) is 15.7. The minimum atomic E-state index is -0.296. The molecule has 1 atom stereocenters. The summed E-state index contributed by atoms with van der Waals surface area (Å²) in [5, 5.41) is 7.96. The topological polar surface area (TPSA) is 94.3 Å². The number of aryl methyl sites for hydroxylation is 1. The summed E-state index contributed by atoms with van der Waals surface area (Å²) in [7, 11) is 0. The molecule has 5 rings (SSSR count). The lowest BCUT2D eigenvalue weighted by atomic mass is 10.0. The maximum absolute atomic E-state index is 13.0. The zero-order valence-corrected chi connectivity index (χ0v) is 14.4. The molecule has 0 aliphatic heterocycles. The third-order valence-electron chi connectivity index (χ3n) is 5.12. The van der Waals surface area contributed by atoms with Crippen molar-refractivity contribution in [2.45, 2.75) is 18.9 Å². The van der Waals surface area contributed by atoms with Crippen LogP contribution in [0.2, 0.25) is 0 Å². The molecule has 6 nitrogen and oxygen atoms in total. The number of nitrogens with two attached hydrogens (primary N) is 1. The summed E-state index contributed by atoms with van der Waals surface area (Å²) in [6.45, 7) is 0. The van der Waals surface area contributed by atoms with Gasteiger partial charge in [-0.3, -0.25) is 4.79 Å². The molecule has 0 saturated carbocycles. The van der Waals surface area contributed by atoms with E-state index in [2.05, 4.69) is 22.6 Å². The molecular weight excluding hydrogens is 342 g/mol. The fourth-order valence-corrected chi connectivity index (χ4v) is 3.80.